The van der Waals surface area contributed by atoms with Gasteiger partial charge in [-0.3, -0.25) is 14.2 Å². The fourth-order valence-electron chi connectivity index (χ4n) is 3.79. The number of hydrogen-bond donors (Lipinski definition) is 2. The second-order valence-electron chi connectivity index (χ2n) is 8.71. The van der Waals surface area contributed by atoms with Crippen molar-refractivity contribution in [2.45, 2.75) is 31.0 Å². The molecule has 0 saturated carbocycles. The third-order valence-electron chi connectivity index (χ3n) is 5.66. The Balaban J connectivity index is 1.58. The van der Waals surface area contributed by atoms with Gasteiger partial charge in [0.15, 0.2) is 11.0 Å². The summed E-state index contributed by atoms with van der Waals surface area (Å²) in [5.74, 6) is -1.63. The van der Waals surface area contributed by atoms with Crippen molar-refractivity contribution >= 4 is 29.3 Å². The highest BCUT2D eigenvalue weighted by atomic mass is 32.2. The lowest BCUT2D eigenvalue weighted by atomic mass is 10.1. The maximum absolute atomic E-state index is 13.4. The largest absolute Gasteiger partial charge is 0.418 e. The normalized spacial score (nSPS) is 11.8. The van der Waals surface area contributed by atoms with Crippen LogP contribution >= 0.6 is 11.8 Å². The first kappa shape index (κ1) is 29.6. The molecule has 4 aromatic rings. The summed E-state index contributed by atoms with van der Waals surface area (Å²) in [5.41, 5.74) is -1.20. The van der Waals surface area contributed by atoms with Gasteiger partial charge in [0.25, 0.3) is 5.91 Å². The zero-order valence-electron chi connectivity index (χ0n) is 21.2. The number of para-hydroxylation sites is 1. The Hall–Kier alpha value is -4.33. The van der Waals surface area contributed by atoms with E-state index in [1.165, 1.54) is 28.8 Å². The summed E-state index contributed by atoms with van der Waals surface area (Å²) in [5, 5.41) is 12.8. The van der Waals surface area contributed by atoms with Crippen molar-refractivity contribution in [1.29, 1.82) is 0 Å². The number of thioether (sulfide) groups is 1. The highest BCUT2D eigenvalue weighted by Gasteiger charge is 2.34. The van der Waals surface area contributed by atoms with Gasteiger partial charge in [0.1, 0.15) is 0 Å². The van der Waals surface area contributed by atoms with E-state index < -0.39 is 46.7 Å². The molecule has 7 nitrogen and oxygen atoms in total. The molecule has 4 rings (SSSR count). The third-order valence-corrected chi connectivity index (χ3v) is 6.59. The maximum atomic E-state index is 13.4. The topological polar surface area (TPSA) is 88.9 Å². The van der Waals surface area contributed by atoms with Gasteiger partial charge in [0.2, 0.25) is 5.91 Å². The van der Waals surface area contributed by atoms with Crippen molar-refractivity contribution in [3.05, 3.63) is 101 Å². The standard InChI is InChI=1S/C27H21F6N5O2S/c1-16-6-4-7-17(12-16)24(40)34-14-22-36-37-25(38(22)19-9-5-8-18(13-19)26(28,29)30)41-15-23(39)35-21-11-3-2-10-20(21)27(31,32)33/h2-13H,14-15H2,1H3,(H,34,40)(H,35,39). The minimum absolute atomic E-state index is 0.00922. The highest BCUT2D eigenvalue weighted by molar-refractivity contribution is 7.99. The number of benzene rings is 3. The SMILES string of the molecule is Cc1cccc(C(=O)NCc2nnc(SCC(=O)Nc3ccccc3C(F)(F)F)n2-c2cccc(C(F)(F)F)c2)c1. The van der Waals surface area contributed by atoms with Crippen molar-refractivity contribution in [2.24, 2.45) is 0 Å². The van der Waals surface area contributed by atoms with E-state index in [2.05, 4.69) is 20.8 Å². The number of nitrogens with one attached hydrogen (secondary N) is 2. The summed E-state index contributed by atoms with van der Waals surface area (Å²) in [7, 11) is 0. The number of anilines is 1. The van der Waals surface area contributed by atoms with Crippen LogP contribution in [0.3, 0.4) is 0 Å². The molecule has 0 aliphatic heterocycles. The Morgan fingerprint density at radius 1 is 0.878 bits per heavy atom. The van der Waals surface area contributed by atoms with Crippen LogP contribution in [0.4, 0.5) is 32.0 Å². The molecule has 14 heteroatoms. The number of aromatic nitrogens is 3. The molecular formula is C27H21F6N5O2S. The smallest absolute Gasteiger partial charge is 0.345 e. The van der Waals surface area contributed by atoms with Crippen LogP contribution in [0.15, 0.2) is 78.0 Å². The second kappa shape index (κ2) is 12.0. The molecule has 2 N–H and O–H groups in total. The number of carbonyl (C=O) groups is 2. The average Bonchev–Trinajstić information content (AvgIpc) is 3.32. The van der Waals surface area contributed by atoms with E-state index in [1.807, 2.05) is 13.0 Å². The number of nitrogens with zero attached hydrogens (tertiary/aromatic N) is 3. The second-order valence-corrected chi connectivity index (χ2v) is 9.66. The van der Waals surface area contributed by atoms with Gasteiger partial charge in [-0.2, -0.15) is 26.3 Å². The molecule has 1 aromatic heterocycles. The molecule has 0 spiro atoms. The Morgan fingerprint density at radius 3 is 2.32 bits per heavy atom. The van der Waals surface area contributed by atoms with Crippen LogP contribution in [0.2, 0.25) is 0 Å². The van der Waals surface area contributed by atoms with Gasteiger partial charge in [-0.25, -0.2) is 0 Å². The van der Waals surface area contributed by atoms with Crippen LogP contribution in [0.1, 0.15) is 32.9 Å². The summed E-state index contributed by atoms with van der Waals surface area (Å²) in [4.78, 5) is 25.2. The van der Waals surface area contributed by atoms with Gasteiger partial charge in [-0.15, -0.1) is 10.2 Å². The number of alkyl halides is 6. The number of hydrogen-bond acceptors (Lipinski definition) is 5. The summed E-state index contributed by atoms with van der Waals surface area (Å²) < 4.78 is 81.4. The molecular weight excluding hydrogens is 572 g/mol. The molecule has 0 atom stereocenters. The Labute approximate surface area is 234 Å². The minimum Gasteiger partial charge on any atom is -0.345 e. The van der Waals surface area contributed by atoms with E-state index in [4.69, 9.17) is 0 Å². The first-order valence-corrected chi connectivity index (χ1v) is 12.9. The van der Waals surface area contributed by atoms with Crippen LogP contribution in [0, 0.1) is 6.92 Å². The molecule has 214 valence electrons. The summed E-state index contributed by atoms with van der Waals surface area (Å²) in [6.07, 6.45) is -9.35. The first-order valence-electron chi connectivity index (χ1n) is 11.9. The molecule has 0 saturated heterocycles. The highest BCUT2D eigenvalue weighted by Crippen LogP contribution is 2.35. The fourth-order valence-corrected chi connectivity index (χ4v) is 4.56. The zero-order valence-corrected chi connectivity index (χ0v) is 22.0. The minimum atomic E-state index is -4.70. The number of aryl methyl sites for hydroxylation is 1. The predicted octanol–water partition coefficient (Wildman–Crippen LogP) is 6.27. The van der Waals surface area contributed by atoms with Crippen LogP contribution < -0.4 is 10.6 Å². The van der Waals surface area contributed by atoms with Crippen molar-refractivity contribution < 1.29 is 35.9 Å². The lowest BCUT2D eigenvalue weighted by Gasteiger charge is -2.14. The molecule has 0 bridgehead atoms. The van der Waals surface area contributed by atoms with E-state index in [1.54, 1.807) is 18.2 Å². The monoisotopic (exact) mass is 593 g/mol. The van der Waals surface area contributed by atoms with E-state index in [9.17, 15) is 35.9 Å². The van der Waals surface area contributed by atoms with Crippen molar-refractivity contribution in [3.8, 4) is 5.69 Å². The zero-order chi connectivity index (χ0) is 29.8. The van der Waals surface area contributed by atoms with Gasteiger partial charge in [0.05, 0.1) is 34.8 Å². The molecule has 1 heterocycles. The Morgan fingerprint density at radius 2 is 1.61 bits per heavy atom. The molecule has 2 amide bonds. The van der Waals surface area contributed by atoms with Gasteiger partial charge in [-0.1, -0.05) is 47.7 Å². The lowest BCUT2D eigenvalue weighted by Crippen LogP contribution is -2.24. The molecule has 0 unspecified atom stereocenters. The van der Waals surface area contributed by atoms with E-state index >= 15 is 0 Å². The number of carbonyl (C=O) groups excluding carboxylic acids is 2. The Bertz CT molecular complexity index is 1570. The summed E-state index contributed by atoms with van der Waals surface area (Å²) in [6, 6.07) is 15.5. The van der Waals surface area contributed by atoms with Gasteiger partial charge < -0.3 is 10.6 Å². The summed E-state index contributed by atoms with van der Waals surface area (Å²) in [6.45, 7) is 1.59. The van der Waals surface area contributed by atoms with E-state index in [0.29, 0.717) is 5.56 Å². The van der Waals surface area contributed by atoms with E-state index in [-0.39, 0.29) is 23.2 Å². The third kappa shape index (κ3) is 7.45. The molecule has 0 fully saturated rings. The summed E-state index contributed by atoms with van der Waals surface area (Å²) >= 11 is 0.751. The average molecular weight is 594 g/mol. The molecule has 3 aromatic carbocycles. The van der Waals surface area contributed by atoms with Gasteiger partial charge in [0, 0.05) is 5.56 Å². The van der Waals surface area contributed by atoms with Crippen LogP contribution in [-0.2, 0) is 23.7 Å². The fraction of sp³-hybridized carbons (Fsp3) is 0.185. The number of rotatable bonds is 8. The Kier molecular flexibility index (Phi) is 8.71. The maximum Gasteiger partial charge on any atom is 0.418 e. The van der Waals surface area contributed by atoms with Crippen LogP contribution in [0.25, 0.3) is 5.69 Å². The van der Waals surface area contributed by atoms with Crippen molar-refractivity contribution in [1.82, 2.24) is 20.1 Å². The molecule has 41 heavy (non-hydrogen) atoms. The molecule has 0 aliphatic rings. The number of amides is 2. The van der Waals surface area contributed by atoms with Crippen LogP contribution in [-0.4, -0.2) is 32.3 Å². The van der Waals surface area contributed by atoms with Gasteiger partial charge >= 0.3 is 12.4 Å². The predicted molar refractivity (Wildman–Crippen MR) is 140 cm³/mol. The molecule has 0 radical (unpaired) electrons. The van der Waals surface area contributed by atoms with Crippen molar-refractivity contribution in [3.63, 3.8) is 0 Å². The van der Waals surface area contributed by atoms with Crippen molar-refractivity contribution in [2.75, 3.05) is 11.1 Å². The lowest BCUT2D eigenvalue weighted by molar-refractivity contribution is -0.138. The van der Waals surface area contributed by atoms with Gasteiger partial charge in [-0.05, 0) is 49.4 Å². The van der Waals surface area contributed by atoms with E-state index in [0.717, 1.165) is 41.6 Å². The molecule has 0 aliphatic carbocycles. The first-order chi connectivity index (χ1) is 19.3. The quantitative estimate of drug-likeness (QED) is 0.186. The van der Waals surface area contributed by atoms with Crippen LogP contribution in [0.5, 0.6) is 0 Å². The number of halogens is 6.